The van der Waals surface area contributed by atoms with Crippen molar-refractivity contribution in [3.8, 4) is 0 Å². The lowest BCUT2D eigenvalue weighted by Crippen LogP contribution is -2.45. The van der Waals surface area contributed by atoms with E-state index in [4.69, 9.17) is 4.74 Å². The molecule has 2 fully saturated rings. The molecule has 27 heavy (non-hydrogen) atoms. The van der Waals surface area contributed by atoms with Gasteiger partial charge in [-0.3, -0.25) is 4.79 Å². The van der Waals surface area contributed by atoms with E-state index in [0.29, 0.717) is 18.5 Å². The van der Waals surface area contributed by atoms with Crippen LogP contribution in [-0.2, 0) is 11.3 Å². The summed E-state index contributed by atoms with van der Waals surface area (Å²) in [5.74, 6) is -0.110. The van der Waals surface area contributed by atoms with Crippen LogP contribution < -0.4 is 0 Å². The van der Waals surface area contributed by atoms with E-state index in [0.717, 1.165) is 5.56 Å². The van der Waals surface area contributed by atoms with Gasteiger partial charge in [0.25, 0.3) is 5.91 Å². The number of ether oxygens (including phenoxy) is 1. The zero-order valence-electron chi connectivity index (χ0n) is 14.9. The number of hydrogen-bond acceptors (Lipinski definition) is 4. The molecule has 0 aliphatic carbocycles. The molecule has 2 saturated heterocycles. The molecule has 1 N–H and O–H groups in total. The predicted octanol–water partition coefficient (Wildman–Crippen LogP) is 2.28. The van der Waals surface area contributed by atoms with Crippen molar-refractivity contribution in [2.24, 2.45) is 0 Å². The fraction of sp³-hybridized carbons (Fsp3) is 0.333. The summed E-state index contributed by atoms with van der Waals surface area (Å²) in [6.45, 7) is 0.889. The average molecular weight is 366 g/mol. The van der Waals surface area contributed by atoms with Crippen LogP contribution in [0, 0.1) is 0 Å². The van der Waals surface area contributed by atoms with E-state index in [2.05, 4.69) is 0 Å². The minimum atomic E-state index is -0.769. The zero-order valence-corrected chi connectivity index (χ0v) is 14.9. The number of amides is 2. The van der Waals surface area contributed by atoms with Gasteiger partial charge in [-0.05, 0) is 24.1 Å². The number of carbonyl (C=O) groups is 2. The normalized spacial score (nSPS) is 24.0. The van der Waals surface area contributed by atoms with Crippen LogP contribution in [0.5, 0.6) is 0 Å². The topological polar surface area (TPSA) is 70.1 Å². The van der Waals surface area contributed by atoms with Crippen LogP contribution in [0.4, 0.5) is 4.79 Å². The predicted molar refractivity (Wildman–Crippen MR) is 99.0 cm³/mol. The SMILES string of the molecule is O=C(c1ccccc1)N1CC(O)C2C1CCN2C(=O)OCc1ccccc1. The molecule has 2 aliphatic rings. The van der Waals surface area contributed by atoms with Gasteiger partial charge in [0.2, 0.25) is 0 Å². The molecule has 2 heterocycles. The number of aliphatic hydroxyl groups is 1. The van der Waals surface area contributed by atoms with Crippen molar-refractivity contribution in [1.82, 2.24) is 9.80 Å². The van der Waals surface area contributed by atoms with Gasteiger partial charge in [-0.1, -0.05) is 48.5 Å². The van der Waals surface area contributed by atoms with E-state index >= 15 is 0 Å². The molecule has 2 aliphatic heterocycles. The van der Waals surface area contributed by atoms with Crippen molar-refractivity contribution < 1.29 is 19.4 Å². The molecule has 6 nitrogen and oxygen atoms in total. The first-order chi connectivity index (χ1) is 13.1. The molecular formula is C21H22N2O4. The van der Waals surface area contributed by atoms with Crippen molar-refractivity contribution in [3.63, 3.8) is 0 Å². The van der Waals surface area contributed by atoms with E-state index in [1.807, 2.05) is 48.5 Å². The van der Waals surface area contributed by atoms with Crippen LogP contribution in [-0.4, -0.2) is 58.2 Å². The Morgan fingerprint density at radius 3 is 2.37 bits per heavy atom. The first-order valence-electron chi connectivity index (χ1n) is 9.16. The smallest absolute Gasteiger partial charge is 0.410 e. The van der Waals surface area contributed by atoms with Crippen LogP contribution in [0.1, 0.15) is 22.3 Å². The third-order valence-electron chi connectivity index (χ3n) is 5.32. The third kappa shape index (κ3) is 3.40. The highest BCUT2D eigenvalue weighted by molar-refractivity contribution is 5.94. The molecular weight excluding hydrogens is 344 g/mol. The van der Waals surface area contributed by atoms with E-state index in [1.54, 1.807) is 21.9 Å². The lowest BCUT2D eigenvalue weighted by atomic mass is 10.1. The molecule has 6 heteroatoms. The Labute approximate surface area is 158 Å². The monoisotopic (exact) mass is 366 g/mol. The van der Waals surface area contributed by atoms with Crippen LogP contribution in [0.3, 0.4) is 0 Å². The molecule has 0 bridgehead atoms. The van der Waals surface area contributed by atoms with E-state index in [9.17, 15) is 14.7 Å². The molecule has 0 saturated carbocycles. The number of nitrogens with zero attached hydrogens (tertiary/aromatic N) is 2. The molecule has 0 radical (unpaired) electrons. The van der Waals surface area contributed by atoms with Gasteiger partial charge in [-0.2, -0.15) is 0 Å². The average Bonchev–Trinajstić information content (AvgIpc) is 3.29. The summed E-state index contributed by atoms with van der Waals surface area (Å²) in [4.78, 5) is 28.6. The van der Waals surface area contributed by atoms with Crippen LogP contribution in [0.25, 0.3) is 0 Å². The summed E-state index contributed by atoms with van der Waals surface area (Å²) in [5.41, 5.74) is 1.50. The first-order valence-corrected chi connectivity index (χ1v) is 9.16. The summed E-state index contributed by atoms with van der Waals surface area (Å²) < 4.78 is 5.42. The van der Waals surface area contributed by atoms with Gasteiger partial charge in [0.05, 0.1) is 18.2 Å². The number of rotatable bonds is 3. The summed E-state index contributed by atoms with van der Waals surface area (Å²) in [5, 5.41) is 10.5. The standard InChI is InChI=1S/C21H22N2O4/c24-18-13-23(20(25)16-9-5-2-6-10-16)17-11-12-22(19(17)18)21(26)27-14-15-7-3-1-4-8-15/h1-10,17-19,24H,11-14H2. The molecule has 4 rings (SSSR count). The van der Waals surface area contributed by atoms with E-state index < -0.39 is 18.2 Å². The minimum absolute atomic E-state index is 0.110. The Morgan fingerprint density at radius 2 is 1.67 bits per heavy atom. The molecule has 2 amide bonds. The van der Waals surface area contributed by atoms with Gasteiger partial charge in [0, 0.05) is 18.7 Å². The second kappa shape index (κ2) is 7.40. The van der Waals surface area contributed by atoms with E-state index in [-0.39, 0.29) is 25.1 Å². The van der Waals surface area contributed by atoms with Gasteiger partial charge >= 0.3 is 6.09 Å². The maximum absolute atomic E-state index is 12.8. The summed E-state index contributed by atoms with van der Waals surface area (Å²) >= 11 is 0. The Kier molecular flexibility index (Phi) is 4.81. The quantitative estimate of drug-likeness (QED) is 0.905. The summed E-state index contributed by atoms with van der Waals surface area (Å²) in [6.07, 6.45) is -0.574. The molecule has 3 atom stereocenters. The number of benzene rings is 2. The van der Waals surface area contributed by atoms with Crippen molar-refractivity contribution in [2.75, 3.05) is 13.1 Å². The molecule has 3 unspecified atom stereocenters. The van der Waals surface area contributed by atoms with Crippen molar-refractivity contribution in [2.45, 2.75) is 31.2 Å². The third-order valence-corrected chi connectivity index (χ3v) is 5.32. The van der Waals surface area contributed by atoms with Crippen LogP contribution in [0.15, 0.2) is 60.7 Å². The largest absolute Gasteiger partial charge is 0.445 e. The fourth-order valence-corrected chi connectivity index (χ4v) is 4.04. The van der Waals surface area contributed by atoms with Gasteiger partial charge in [-0.25, -0.2) is 4.79 Å². The second-order valence-corrected chi connectivity index (χ2v) is 6.97. The number of fused-ring (bicyclic) bond motifs is 1. The Balaban J connectivity index is 1.43. The van der Waals surface area contributed by atoms with Gasteiger partial charge in [0.1, 0.15) is 6.61 Å². The van der Waals surface area contributed by atoms with Crippen molar-refractivity contribution >= 4 is 12.0 Å². The summed E-state index contributed by atoms with van der Waals surface area (Å²) in [7, 11) is 0. The minimum Gasteiger partial charge on any atom is -0.445 e. The number of carbonyl (C=O) groups excluding carboxylic acids is 2. The van der Waals surface area contributed by atoms with Gasteiger partial charge in [0.15, 0.2) is 0 Å². The fourth-order valence-electron chi connectivity index (χ4n) is 4.04. The van der Waals surface area contributed by atoms with Gasteiger partial charge in [-0.15, -0.1) is 0 Å². The highest BCUT2D eigenvalue weighted by Crippen LogP contribution is 2.33. The number of likely N-dealkylation sites (tertiary alicyclic amines) is 2. The molecule has 0 aromatic heterocycles. The zero-order chi connectivity index (χ0) is 18.8. The second-order valence-electron chi connectivity index (χ2n) is 6.97. The number of hydrogen-bond donors (Lipinski definition) is 1. The maximum atomic E-state index is 12.8. The van der Waals surface area contributed by atoms with Crippen molar-refractivity contribution in [1.29, 1.82) is 0 Å². The lowest BCUT2D eigenvalue weighted by molar-refractivity contribution is 0.0608. The Morgan fingerprint density at radius 1 is 1.00 bits per heavy atom. The molecule has 2 aromatic carbocycles. The molecule has 2 aromatic rings. The molecule has 0 spiro atoms. The van der Waals surface area contributed by atoms with Crippen molar-refractivity contribution in [3.05, 3.63) is 71.8 Å². The highest BCUT2D eigenvalue weighted by atomic mass is 16.6. The lowest BCUT2D eigenvalue weighted by Gasteiger charge is -2.26. The van der Waals surface area contributed by atoms with E-state index in [1.165, 1.54) is 0 Å². The van der Waals surface area contributed by atoms with Crippen LogP contribution in [0.2, 0.25) is 0 Å². The Hall–Kier alpha value is -2.86. The molecule has 140 valence electrons. The number of aliphatic hydroxyl groups excluding tert-OH is 1. The summed E-state index contributed by atoms with van der Waals surface area (Å²) in [6, 6.07) is 17.9. The van der Waals surface area contributed by atoms with Crippen LogP contribution >= 0.6 is 0 Å². The Bertz CT molecular complexity index is 811. The maximum Gasteiger partial charge on any atom is 0.410 e. The first kappa shape index (κ1) is 17.5. The highest BCUT2D eigenvalue weighted by Gasteiger charge is 2.51. The van der Waals surface area contributed by atoms with Gasteiger partial charge < -0.3 is 19.6 Å². The number of β-amino-alcohol motifs (C(OH)–C–C–N with tert-alkyl or cyclic N) is 1.